The fraction of sp³-hybridized carbons (Fsp3) is 0.125. The minimum atomic E-state index is -0.0582. The van der Waals surface area contributed by atoms with Crippen molar-refractivity contribution in [2.45, 2.75) is 5.03 Å². The van der Waals surface area contributed by atoms with Crippen LogP contribution < -0.4 is 5.32 Å². The molecule has 3 rings (SSSR count). The van der Waals surface area contributed by atoms with E-state index in [1.165, 1.54) is 18.1 Å². The van der Waals surface area contributed by atoms with Gasteiger partial charge in [0.2, 0.25) is 5.91 Å². The molecule has 6 nitrogen and oxygen atoms in total. The zero-order chi connectivity index (χ0) is 16.1. The van der Waals surface area contributed by atoms with Gasteiger partial charge in [-0.2, -0.15) is 5.10 Å². The quantitative estimate of drug-likeness (QED) is 0.427. The van der Waals surface area contributed by atoms with Crippen molar-refractivity contribution in [3.63, 3.8) is 0 Å². The molecule has 0 atom stereocenters. The second kappa shape index (κ2) is 7.06. The zero-order valence-corrected chi connectivity index (χ0v) is 13.2. The third kappa shape index (κ3) is 3.40. The molecule has 0 radical (unpaired) electrons. The van der Waals surface area contributed by atoms with Crippen molar-refractivity contribution in [1.29, 1.82) is 0 Å². The summed E-state index contributed by atoms with van der Waals surface area (Å²) >= 11 is 1.37. The standard InChI is InChI=1S/C16H15N5OS/c1-2-8-17-14(22)10-23-16-13-9-20-21(15(13)18-11-19-16)12-6-4-3-5-7-12/h2-7,9,11H,1,8,10H2,(H,17,22). The molecule has 0 aliphatic heterocycles. The van der Waals surface area contributed by atoms with E-state index in [1.54, 1.807) is 17.0 Å². The Hall–Kier alpha value is -2.67. The Kier molecular flexibility index (Phi) is 4.68. The smallest absolute Gasteiger partial charge is 0.230 e. The number of nitrogens with zero attached hydrogens (tertiary/aromatic N) is 4. The number of amides is 1. The van der Waals surface area contributed by atoms with Gasteiger partial charge in [0.25, 0.3) is 0 Å². The highest BCUT2D eigenvalue weighted by molar-refractivity contribution is 8.00. The minimum absolute atomic E-state index is 0.0582. The van der Waals surface area contributed by atoms with Gasteiger partial charge in [0.15, 0.2) is 5.65 Å². The van der Waals surface area contributed by atoms with Crippen molar-refractivity contribution in [3.8, 4) is 5.69 Å². The van der Waals surface area contributed by atoms with E-state index in [0.29, 0.717) is 6.54 Å². The van der Waals surface area contributed by atoms with Gasteiger partial charge >= 0.3 is 0 Å². The summed E-state index contributed by atoms with van der Waals surface area (Å²) in [6.45, 7) is 4.03. The van der Waals surface area contributed by atoms with Crippen LogP contribution in [0.5, 0.6) is 0 Å². The monoisotopic (exact) mass is 325 g/mol. The Morgan fingerprint density at radius 1 is 1.30 bits per heavy atom. The van der Waals surface area contributed by atoms with Crippen molar-refractivity contribution < 1.29 is 4.79 Å². The molecule has 1 amide bonds. The van der Waals surface area contributed by atoms with E-state index in [9.17, 15) is 4.79 Å². The summed E-state index contributed by atoms with van der Waals surface area (Å²) in [4.78, 5) is 20.3. The molecule has 1 aromatic carbocycles. The third-order valence-electron chi connectivity index (χ3n) is 3.11. The number of fused-ring (bicyclic) bond motifs is 1. The van der Waals surface area contributed by atoms with Crippen molar-refractivity contribution in [1.82, 2.24) is 25.1 Å². The van der Waals surface area contributed by atoms with E-state index in [0.717, 1.165) is 21.7 Å². The molecule has 0 aliphatic carbocycles. The molecule has 7 heteroatoms. The van der Waals surface area contributed by atoms with Crippen molar-refractivity contribution in [3.05, 3.63) is 55.5 Å². The van der Waals surface area contributed by atoms with Crippen molar-refractivity contribution in [2.75, 3.05) is 12.3 Å². The van der Waals surface area contributed by atoms with Gasteiger partial charge in [-0.25, -0.2) is 14.6 Å². The second-order valence-electron chi connectivity index (χ2n) is 4.69. The van der Waals surface area contributed by atoms with Crippen LogP contribution in [0.1, 0.15) is 0 Å². The number of aromatic nitrogens is 4. The summed E-state index contributed by atoms with van der Waals surface area (Å²) in [7, 11) is 0. The second-order valence-corrected chi connectivity index (χ2v) is 5.65. The Bertz CT molecular complexity index is 831. The molecule has 0 bridgehead atoms. The maximum absolute atomic E-state index is 11.7. The van der Waals surface area contributed by atoms with Gasteiger partial charge in [0.1, 0.15) is 11.4 Å². The largest absolute Gasteiger partial charge is 0.352 e. The van der Waals surface area contributed by atoms with E-state index in [1.807, 2.05) is 30.3 Å². The molecule has 0 spiro atoms. The van der Waals surface area contributed by atoms with Crippen molar-refractivity contribution in [2.24, 2.45) is 0 Å². The van der Waals surface area contributed by atoms with E-state index < -0.39 is 0 Å². The number of thioether (sulfide) groups is 1. The molecule has 23 heavy (non-hydrogen) atoms. The van der Waals surface area contributed by atoms with Gasteiger partial charge in [-0.15, -0.1) is 6.58 Å². The molecule has 116 valence electrons. The number of rotatable bonds is 6. The van der Waals surface area contributed by atoms with Gasteiger partial charge in [0, 0.05) is 6.54 Å². The Morgan fingerprint density at radius 2 is 2.13 bits per heavy atom. The molecule has 2 aromatic heterocycles. The average molecular weight is 325 g/mol. The lowest BCUT2D eigenvalue weighted by atomic mass is 10.3. The molecule has 0 unspecified atom stereocenters. The molecule has 1 N–H and O–H groups in total. The van der Waals surface area contributed by atoms with Gasteiger partial charge in [-0.1, -0.05) is 36.0 Å². The maximum Gasteiger partial charge on any atom is 0.230 e. The number of hydrogen-bond donors (Lipinski definition) is 1. The van der Waals surface area contributed by atoms with Crippen LogP contribution in [-0.2, 0) is 4.79 Å². The van der Waals surface area contributed by atoms with Gasteiger partial charge < -0.3 is 5.32 Å². The van der Waals surface area contributed by atoms with Gasteiger partial charge in [-0.05, 0) is 12.1 Å². The molecule has 3 aromatic rings. The number of carbonyl (C=O) groups excluding carboxylic acids is 1. The summed E-state index contributed by atoms with van der Waals surface area (Å²) in [5.41, 5.74) is 1.65. The number of hydrogen-bond acceptors (Lipinski definition) is 5. The van der Waals surface area contributed by atoms with E-state index in [-0.39, 0.29) is 11.7 Å². The molecule has 0 aliphatic rings. The van der Waals surface area contributed by atoms with Crippen LogP contribution in [0.25, 0.3) is 16.7 Å². The van der Waals surface area contributed by atoms with E-state index >= 15 is 0 Å². The number of para-hydroxylation sites is 1. The van der Waals surface area contributed by atoms with E-state index in [4.69, 9.17) is 0 Å². The van der Waals surface area contributed by atoms with Crippen LogP contribution in [0.2, 0.25) is 0 Å². The van der Waals surface area contributed by atoms with Gasteiger partial charge in [0.05, 0.1) is 23.0 Å². The molecule has 0 fully saturated rings. The van der Waals surface area contributed by atoms with Crippen LogP contribution in [0.4, 0.5) is 0 Å². The predicted octanol–water partition coefficient (Wildman–Crippen LogP) is 2.21. The molecule has 2 heterocycles. The zero-order valence-electron chi connectivity index (χ0n) is 12.3. The highest BCUT2D eigenvalue weighted by atomic mass is 32.2. The number of benzene rings is 1. The molecule has 0 saturated heterocycles. The summed E-state index contributed by atoms with van der Waals surface area (Å²) in [5.74, 6) is 0.230. The summed E-state index contributed by atoms with van der Waals surface area (Å²) in [6.07, 6.45) is 4.87. The van der Waals surface area contributed by atoms with Gasteiger partial charge in [-0.3, -0.25) is 4.79 Å². The fourth-order valence-corrected chi connectivity index (χ4v) is 2.86. The Labute approximate surface area is 137 Å². The number of nitrogens with one attached hydrogen (secondary N) is 1. The summed E-state index contributed by atoms with van der Waals surface area (Å²) in [5, 5.41) is 8.70. The van der Waals surface area contributed by atoms with Crippen LogP contribution >= 0.6 is 11.8 Å². The first-order valence-electron chi connectivity index (χ1n) is 7.04. The number of carbonyl (C=O) groups is 1. The highest BCUT2D eigenvalue weighted by Crippen LogP contribution is 2.25. The SMILES string of the molecule is C=CCNC(=O)CSc1ncnc2c1cnn2-c1ccccc1. The lowest BCUT2D eigenvalue weighted by molar-refractivity contribution is -0.118. The topological polar surface area (TPSA) is 72.7 Å². The lowest BCUT2D eigenvalue weighted by Gasteiger charge is -2.04. The Morgan fingerprint density at radius 3 is 2.91 bits per heavy atom. The maximum atomic E-state index is 11.7. The van der Waals surface area contributed by atoms with Crippen LogP contribution in [0.3, 0.4) is 0 Å². The molecular formula is C16H15N5OS. The Balaban J connectivity index is 1.84. The molecule has 0 saturated carbocycles. The van der Waals surface area contributed by atoms with E-state index in [2.05, 4.69) is 27.0 Å². The van der Waals surface area contributed by atoms with Crippen molar-refractivity contribution >= 4 is 28.7 Å². The minimum Gasteiger partial charge on any atom is -0.352 e. The first-order valence-corrected chi connectivity index (χ1v) is 8.02. The summed E-state index contributed by atoms with van der Waals surface area (Å²) in [6, 6.07) is 9.77. The lowest BCUT2D eigenvalue weighted by Crippen LogP contribution is -2.24. The third-order valence-corrected chi connectivity index (χ3v) is 4.12. The highest BCUT2D eigenvalue weighted by Gasteiger charge is 2.12. The normalized spacial score (nSPS) is 10.6. The van der Waals surface area contributed by atoms with Crippen LogP contribution in [0, 0.1) is 0 Å². The molecular weight excluding hydrogens is 310 g/mol. The first-order chi connectivity index (χ1) is 11.3. The summed E-state index contributed by atoms with van der Waals surface area (Å²) < 4.78 is 1.76. The first kappa shape index (κ1) is 15.2. The predicted molar refractivity (Wildman–Crippen MR) is 90.6 cm³/mol. The fourth-order valence-electron chi connectivity index (χ4n) is 2.07. The van der Waals surface area contributed by atoms with Crippen LogP contribution in [0.15, 0.2) is 60.5 Å². The van der Waals surface area contributed by atoms with Crippen LogP contribution in [-0.4, -0.2) is 38.0 Å². The average Bonchev–Trinajstić information content (AvgIpc) is 3.03.